The molecule has 0 radical (unpaired) electrons. The highest BCUT2D eigenvalue weighted by atomic mass is 32.2. The molecule has 1 aromatic heterocycles. The van der Waals surface area contributed by atoms with E-state index >= 15 is 0 Å². The maximum absolute atomic E-state index is 15.0. The van der Waals surface area contributed by atoms with Gasteiger partial charge in [0.15, 0.2) is 11.0 Å². The second-order valence-electron chi connectivity index (χ2n) is 9.57. The van der Waals surface area contributed by atoms with E-state index in [9.17, 15) is 13.6 Å². The first-order valence-corrected chi connectivity index (χ1v) is 12.4. The molecule has 9 heteroatoms. The third-order valence-corrected chi connectivity index (χ3v) is 8.81. The minimum Gasteiger partial charge on any atom is -0.378 e. The number of amidine groups is 1. The van der Waals surface area contributed by atoms with Crippen LogP contribution in [0.25, 0.3) is 16.7 Å². The predicted molar refractivity (Wildman–Crippen MR) is 130 cm³/mol. The highest BCUT2D eigenvalue weighted by molar-refractivity contribution is 8.15. The summed E-state index contributed by atoms with van der Waals surface area (Å²) < 4.78 is 34.8. The summed E-state index contributed by atoms with van der Waals surface area (Å²) in [6, 6.07) is 6.66. The number of benzene rings is 1. The summed E-state index contributed by atoms with van der Waals surface area (Å²) in [5, 5.41) is 0.284. The van der Waals surface area contributed by atoms with Gasteiger partial charge in [0.2, 0.25) is 5.69 Å². The zero-order valence-corrected chi connectivity index (χ0v) is 19.5. The molecule has 1 saturated heterocycles. The standard InChI is InChI=1S/C26H22F2N4O2S/c1-30-14-3-5-21(31-12-14)20(28)9-13-2-4-19(27)17(8-13)23-18-11-26(18,35-25(29)32-23)24(33)15-6-7-34-22-10-16(15)22/h2-5,8-9,12,15-16,18,22-23H,6-7,10-11H2,(H2,29,32)/b20-9-/t15?,16-,18+,22-,23?,26+/m1/s1. The number of rotatable bonds is 5. The van der Waals surface area contributed by atoms with Gasteiger partial charge >= 0.3 is 0 Å². The molecular formula is C26H22F2N4O2S. The van der Waals surface area contributed by atoms with Crippen molar-refractivity contribution in [2.45, 2.75) is 36.2 Å². The molecule has 2 saturated carbocycles. The molecule has 6 atom stereocenters. The molecule has 0 bridgehead atoms. The first-order chi connectivity index (χ1) is 16.9. The molecule has 0 amide bonds. The zero-order valence-electron chi connectivity index (χ0n) is 18.7. The number of Topliss-reactive ketones (excluding diaryl/α,β-unsaturated/α-hetero) is 1. The van der Waals surface area contributed by atoms with E-state index in [4.69, 9.17) is 17.0 Å². The van der Waals surface area contributed by atoms with E-state index in [0.717, 1.165) is 12.8 Å². The summed E-state index contributed by atoms with van der Waals surface area (Å²) in [6.45, 7) is 7.58. The number of hydrogen-bond acceptors (Lipinski definition) is 6. The van der Waals surface area contributed by atoms with Crippen molar-refractivity contribution in [3.05, 3.63) is 70.6 Å². The van der Waals surface area contributed by atoms with Crippen molar-refractivity contribution in [3.63, 3.8) is 0 Å². The van der Waals surface area contributed by atoms with Gasteiger partial charge < -0.3 is 10.5 Å². The summed E-state index contributed by atoms with van der Waals surface area (Å²) in [5.74, 6) is -0.756. The van der Waals surface area contributed by atoms with Crippen molar-refractivity contribution in [2.24, 2.45) is 28.5 Å². The number of pyridine rings is 1. The average Bonchev–Trinajstić information content (AvgIpc) is 3.78. The summed E-state index contributed by atoms with van der Waals surface area (Å²) in [4.78, 5) is 25.3. The van der Waals surface area contributed by atoms with Gasteiger partial charge in [-0.2, -0.15) is 0 Å². The van der Waals surface area contributed by atoms with Crippen LogP contribution in [0.3, 0.4) is 0 Å². The lowest BCUT2D eigenvalue weighted by Crippen LogP contribution is -2.38. The van der Waals surface area contributed by atoms with Crippen LogP contribution >= 0.6 is 11.8 Å². The molecule has 6 rings (SSSR count). The van der Waals surface area contributed by atoms with Gasteiger partial charge in [-0.3, -0.25) is 14.8 Å². The summed E-state index contributed by atoms with van der Waals surface area (Å²) in [7, 11) is 0. The summed E-state index contributed by atoms with van der Waals surface area (Å²) >= 11 is 1.32. The molecule has 0 spiro atoms. The number of ether oxygens (including phenoxy) is 1. The largest absolute Gasteiger partial charge is 0.378 e. The molecule has 2 aromatic rings. The molecule has 3 heterocycles. The molecule has 178 valence electrons. The maximum atomic E-state index is 15.0. The molecule has 2 unspecified atom stereocenters. The maximum Gasteiger partial charge on any atom is 0.205 e. The Balaban J connectivity index is 1.28. The monoisotopic (exact) mass is 492 g/mol. The summed E-state index contributed by atoms with van der Waals surface area (Å²) in [5.41, 5.74) is 7.32. The molecule has 4 aliphatic rings. The van der Waals surface area contributed by atoms with E-state index in [2.05, 4.69) is 14.8 Å². The highest BCUT2D eigenvalue weighted by Gasteiger charge is 2.68. The fourth-order valence-electron chi connectivity index (χ4n) is 5.51. The molecule has 2 aliphatic carbocycles. The van der Waals surface area contributed by atoms with Crippen LogP contribution in [0.2, 0.25) is 0 Å². The van der Waals surface area contributed by atoms with Crippen molar-refractivity contribution in [1.82, 2.24) is 4.98 Å². The normalized spacial score (nSPS) is 33.1. The van der Waals surface area contributed by atoms with Gasteiger partial charge in [-0.15, -0.1) is 0 Å². The third-order valence-electron chi connectivity index (χ3n) is 7.46. The SMILES string of the molecule is [C-]#[N+]c1ccc(/C(F)=C/c2ccc(F)c(C3N=C(N)S[C@@]4(C(=O)C5CCO[C@@H]6C[C@H]56)C[C@@H]34)c2)nc1. The van der Waals surface area contributed by atoms with E-state index < -0.39 is 22.4 Å². The van der Waals surface area contributed by atoms with Gasteiger partial charge in [-0.25, -0.2) is 13.6 Å². The third kappa shape index (κ3) is 3.85. The van der Waals surface area contributed by atoms with Crippen molar-refractivity contribution < 1.29 is 18.3 Å². The van der Waals surface area contributed by atoms with Crippen molar-refractivity contribution in [1.29, 1.82) is 0 Å². The van der Waals surface area contributed by atoms with Gasteiger partial charge in [0.1, 0.15) is 11.6 Å². The predicted octanol–water partition coefficient (Wildman–Crippen LogP) is 5.09. The van der Waals surface area contributed by atoms with Crippen LogP contribution in [-0.4, -0.2) is 33.4 Å². The van der Waals surface area contributed by atoms with Crippen LogP contribution in [0.1, 0.15) is 42.1 Å². The quantitative estimate of drug-likeness (QED) is 0.588. The fourth-order valence-corrected chi connectivity index (χ4v) is 6.84. The van der Waals surface area contributed by atoms with Crippen LogP contribution in [0.5, 0.6) is 0 Å². The molecule has 2 aliphatic heterocycles. The van der Waals surface area contributed by atoms with Gasteiger partial charge in [-0.05, 0) is 55.0 Å². The zero-order chi connectivity index (χ0) is 24.3. The Bertz CT molecular complexity index is 1320. The number of carbonyl (C=O) groups is 1. The number of thioether (sulfide) groups is 1. The fraction of sp³-hybridized carbons (Fsp3) is 0.385. The second kappa shape index (κ2) is 8.25. The molecule has 2 N–H and O–H groups in total. The molecule has 35 heavy (non-hydrogen) atoms. The number of nitrogens with zero attached hydrogens (tertiary/aromatic N) is 3. The Morgan fingerprint density at radius 2 is 2.20 bits per heavy atom. The average molecular weight is 493 g/mol. The number of aromatic nitrogens is 1. The highest BCUT2D eigenvalue weighted by Crippen LogP contribution is 2.66. The molecule has 1 aromatic carbocycles. The lowest BCUT2D eigenvalue weighted by atomic mass is 9.88. The van der Waals surface area contributed by atoms with Crippen molar-refractivity contribution in [2.75, 3.05) is 6.61 Å². The molecule has 6 nitrogen and oxygen atoms in total. The number of halogens is 2. The van der Waals surface area contributed by atoms with E-state index in [0.29, 0.717) is 29.8 Å². The number of nitrogens with two attached hydrogens (primary N) is 1. The Morgan fingerprint density at radius 3 is 2.97 bits per heavy atom. The Kier molecular flexibility index (Phi) is 5.27. The number of ketones is 1. The number of fused-ring (bicyclic) bond motifs is 2. The molecule has 3 fully saturated rings. The summed E-state index contributed by atoms with van der Waals surface area (Å²) in [6.07, 6.45) is 5.02. The van der Waals surface area contributed by atoms with Crippen LogP contribution in [-0.2, 0) is 9.53 Å². The molecular weight excluding hydrogens is 470 g/mol. The van der Waals surface area contributed by atoms with Crippen LogP contribution < -0.4 is 5.73 Å². The van der Waals surface area contributed by atoms with E-state index in [-0.39, 0.29) is 40.5 Å². The lowest BCUT2D eigenvalue weighted by Gasteiger charge is -2.29. The number of aliphatic imine (C=N–C) groups is 1. The van der Waals surface area contributed by atoms with Gasteiger partial charge in [0, 0.05) is 30.2 Å². The Hall–Kier alpha value is -3.09. The minimum absolute atomic E-state index is 0.0345. The number of carbonyl (C=O) groups excluding carboxylic acids is 1. The van der Waals surface area contributed by atoms with E-state index in [1.807, 2.05) is 0 Å². The second-order valence-corrected chi connectivity index (χ2v) is 10.9. The van der Waals surface area contributed by atoms with Crippen molar-refractivity contribution in [3.8, 4) is 0 Å². The van der Waals surface area contributed by atoms with Crippen LogP contribution in [0, 0.1) is 30.1 Å². The topological polar surface area (TPSA) is 81.9 Å². The minimum atomic E-state index is -0.663. The first kappa shape index (κ1) is 22.4. The Labute approximate surface area is 205 Å². The van der Waals surface area contributed by atoms with Gasteiger partial charge in [0.25, 0.3) is 0 Å². The van der Waals surface area contributed by atoms with Crippen LogP contribution in [0.4, 0.5) is 14.5 Å². The van der Waals surface area contributed by atoms with E-state index in [1.54, 1.807) is 6.07 Å². The number of hydrogen-bond donors (Lipinski definition) is 1. The van der Waals surface area contributed by atoms with E-state index in [1.165, 1.54) is 48.3 Å². The smallest absolute Gasteiger partial charge is 0.205 e. The van der Waals surface area contributed by atoms with Crippen LogP contribution in [0.15, 0.2) is 41.5 Å². The lowest BCUT2D eigenvalue weighted by molar-refractivity contribution is -0.126. The van der Waals surface area contributed by atoms with Crippen molar-refractivity contribution >= 4 is 40.3 Å². The first-order valence-electron chi connectivity index (χ1n) is 11.6. The van der Waals surface area contributed by atoms with Gasteiger partial charge in [-0.1, -0.05) is 23.9 Å². The Morgan fingerprint density at radius 1 is 1.34 bits per heavy atom. The van der Waals surface area contributed by atoms with Gasteiger partial charge in [0.05, 0.1) is 29.2 Å².